The van der Waals surface area contributed by atoms with Crippen LogP contribution in [-0.4, -0.2) is 23.3 Å². The van der Waals surface area contributed by atoms with E-state index in [2.05, 4.69) is 0 Å². The highest BCUT2D eigenvalue weighted by Crippen LogP contribution is 2.40. The number of benzene rings is 3. The lowest BCUT2D eigenvalue weighted by Crippen LogP contribution is -2.29. The average molecular weight is 493 g/mol. The van der Waals surface area contributed by atoms with E-state index in [0.717, 1.165) is 6.07 Å². The van der Waals surface area contributed by atoms with Crippen LogP contribution in [0.5, 0.6) is 5.75 Å². The molecule has 35 heavy (non-hydrogen) atoms. The predicted molar refractivity (Wildman–Crippen MR) is 127 cm³/mol. The van der Waals surface area contributed by atoms with Crippen LogP contribution in [0.15, 0.2) is 75.9 Å². The summed E-state index contributed by atoms with van der Waals surface area (Å²) in [6.45, 7) is -0.179. The Morgan fingerprint density at radius 1 is 1.09 bits per heavy atom. The number of primary amides is 1. The van der Waals surface area contributed by atoms with Crippen molar-refractivity contribution in [2.45, 2.75) is 12.6 Å². The van der Waals surface area contributed by atoms with Crippen LogP contribution in [0.4, 0.5) is 4.39 Å². The van der Waals surface area contributed by atoms with Crippen molar-refractivity contribution in [3.05, 3.63) is 110 Å². The molecule has 0 radical (unpaired) electrons. The quantitative estimate of drug-likeness (QED) is 0.434. The molecule has 0 bridgehead atoms. The number of carbonyl (C=O) groups is 2. The maximum Gasteiger partial charge on any atom is 0.291 e. The van der Waals surface area contributed by atoms with Gasteiger partial charge in [0.25, 0.3) is 11.8 Å². The second kappa shape index (κ2) is 8.88. The molecule has 1 atom stereocenters. The first-order chi connectivity index (χ1) is 16.8. The molecule has 1 aromatic heterocycles. The summed E-state index contributed by atoms with van der Waals surface area (Å²) in [5.41, 5.74) is 6.15. The first-order valence-corrected chi connectivity index (χ1v) is 11.0. The number of fused-ring (bicyclic) bond motifs is 2. The number of halogens is 2. The van der Waals surface area contributed by atoms with Crippen molar-refractivity contribution in [2.75, 3.05) is 6.61 Å². The van der Waals surface area contributed by atoms with Crippen LogP contribution in [0.1, 0.15) is 33.3 Å². The van der Waals surface area contributed by atoms with Crippen LogP contribution in [0, 0.1) is 5.82 Å². The molecule has 0 saturated carbocycles. The van der Waals surface area contributed by atoms with Gasteiger partial charge in [-0.3, -0.25) is 14.4 Å². The van der Waals surface area contributed by atoms with Crippen molar-refractivity contribution in [3.63, 3.8) is 0 Å². The molecule has 9 heteroatoms. The number of carbonyl (C=O) groups excluding carboxylic acids is 2. The van der Waals surface area contributed by atoms with Gasteiger partial charge in [0, 0.05) is 11.6 Å². The zero-order chi connectivity index (χ0) is 24.7. The van der Waals surface area contributed by atoms with Crippen LogP contribution in [0.25, 0.3) is 11.0 Å². The van der Waals surface area contributed by atoms with Gasteiger partial charge < -0.3 is 19.8 Å². The van der Waals surface area contributed by atoms with Gasteiger partial charge in [-0.05, 0) is 47.5 Å². The molecule has 2 heterocycles. The summed E-state index contributed by atoms with van der Waals surface area (Å²) in [5.74, 6) is -1.40. The number of ether oxygens (including phenoxy) is 1. The highest BCUT2D eigenvalue weighted by Gasteiger charge is 2.43. The summed E-state index contributed by atoms with van der Waals surface area (Å²) in [6, 6.07) is 16.4. The van der Waals surface area contributed by atoms with Crippen LogP contribution in [0.3, 0.4) is 0 Å². The minimum absolute atomic E-state index is 0.0440. The summed E-state index contributed by atoms with van der Waals surface area (Å²) in [6.07, 6.45) is 0. The molecule has 1 aliphatic rings. The van der Waals surface area contributed by atoms with Crippen molar-refractivity contribution in [2.24, 2.45) is 5.73 Å². The number of hydrogen-bond donors (Lipinski definition) is 1. The Kier molecular flexibility index (Phi) is 5.74. The second-order valence-corrected chi connectivity index (χ2v) is 8.47. The number of rotatable bonds is 6. The van der Waals surface area contributed by atoms with Gasteiger partial charge >= 0.3 is 0 Å². The molecular formula is C26H18ClFN2O5. The third-order valence-corrected chi connectivity index (χ3v) is 6.17. The van der Waals surface area contributed by atoms with E-state index in [0.29, 0.717) is 21.9 Å². The van der Waals surface area contributed by atoms with Gasteiger partial charge in [-0.25, -0.2) is 4.39 Å². The largest absolute Gasteiger partial charge is 0.484 e. The third kappa shape index (κ3) is 4.13. The van der Waals surface area contributed by atoms with Gasteiger partial charge in [0.05, 0.1) is 17.0 Å². The molecule has 176 valence electrons. The Hall–Kier alpha value is -4.17. The summed E-state index contributed by atoms with van der Waals surface area (Å²) < 4.78 is 25.1. The van der Waals surface area contributed by atoms with Crippen LogP contribution < -0.4 is 15.9 Å². The molecule has 0 spiro atoms. The summed E-state index contributed by atoms with van der Waals surface area (Å²) in [4.78, 5) is 39.5. The lowest BCUT2D eigenvalue weighted by atomic mass is 9.98. The molecule has 1 aliphatic heterocycles. The number of amides is 2. The zero-order valence-corrected chi connectivity index (χ0v) is 18.9. The fourth-order valence-corrected chi connectivity index (χ4v) is 4.41. The Morgan fingerprint density at radius 3 is 2.54 bits per heavy atom. The van der Waals surface area contributed by atoms with Crippen molar-refractivity contribution in [1.82, 2.24) is 4.90 Å². The Balaban J connectivity index is 1.65. The topological polar surface area (TPSA) is 103 Å². The molecule has 2 amide bonds. The van der Waals surface area contributed by atoms with E-state index in [9.17, 15) is 18.8 Å². The van der Waals surface area contributed by atoms with E-state index in [1.54, 1.807) is 48.5 Å². The molecule has 5 rings (SSSR count). The van der Waals surface area contributed by atoms with Crippen molar-refractivity contribution in [1.29, 1.82) is 0 Å². The fourth-order valence-electron chi connectivity index (χ4n) is 4.21. The maximum absolute atomic E-state index is 13.9. The molecular weight excluding hydrogens is 475 g/mol. The van der Waals surface area contributed by atoms with Gasteiger partial charge in [0.15, 0.2) is 12.0 Å². The standard InChI is InChI=1S/C26H18ClFN2O5/c27-19-4-2-1-3-15(19)12-30-23(14-5-8-17(9-6-14)34-13-21(29)31)22-24(32)18-11-16(28)7-10-20(18)35-25(22)26(30)33/h1-11,23H,12-13H2,(H2,29,31). The Bertz CT molecular complexity index is 1530. The van der Waals surface area contributed by atoms with E-state index in [1.165, 1.54) is 17.0 Å². The Morgan fingerprint density at radius 2 is 1.83 bits per heavy atom. The van der Waals surface area contributed by atoms with Crippen LogP contribution >= 0.6 is 11.6 Å². The van der Waals surface area contributed by atoms with Crippen LogP contribution in [0.2, 0.25) is 5.02 Å². The van der Waals surface area contributed by atoms with E-state index < -0.39 is 29.1 Å². The van der Waals surface area contributed by atoms with Crippen molar-refractivity contribution >= 4 is 34.4 Å². The van der Waals surface area contributed by atoms with Gasteiger partial charge in [0.2, 0.25) is 5.76 Å². The summed E-state index contributed by atoms with van der Waals surface area (Å²) >= 11 is 6.35. The first kappa shape index (κ1) is 22.6. The van der Waals surface area contributed by atoms with E-state index in [-0.39, 0.29) is 35.4 Å². The lowest BCUT2D eigenvalue weighted by molar-refractivity contribution is -0.119. The van der Waals surface area contributed by atoms with Gasteiger partial charge in [-0.15, -0.1) is 0 Å². The molecule has 2 N–H and O–H groups in total. The normalized spacial score (nSPS) is 14.9. The third-order valence-electron chi connectivity index (χ3n) is 5.80. The minimum atomic E-state index is -0.817. The Labute approximate surface area is 203 Å². The van der Waals surface area contributed by atoms with Crippen molar-refractivity contribution in [3.8, 4) is 5.75 Å². The van der Waals surface area contributed by atoms with Gasteiger partial charge in [-0.2, -0.15) is 0 Å². The number of hydrogen-bond acceptors (Lipinski definition) is 5. The fraction of sp³-hybridized carbons (Fsp3) is 0.115. The van der Waals surface area contributed by atoms with Crippen molar-refractivity contribution < 1.29 is 23.1 Å². The SMILES string of the molecule is NC(=O)COc1ccc(C2c3c(oc4ccc(F)cc4c3=O)C(=O)N2Cc2ccccc2Cl)cc1. The highest BCUT2D eigenvalue weighted by molar-refractivity contribution is 6.31. The summed E-state index contributed by atoms with van der Waals surface area (Å²) in [7, 11) is 0. The van der Waals surface area contributed by atoms with E-state index in [1.807, 2.05) is 0 Å². The molecule has 0 saturated heterocycles. The van der Waals surface area contributed by atoms with Crippen LogP contribution in [-0.2, 0) is 11.3 Å². The molecule has 1 unspecified atom stereocenters. The van der Waals surface area contributed by atoms with E-state index in [4.69, 9.17) is 26.5 Å². The monoisotopic (exact) mass is 492 g/mol. The highest BCUT2D eigenvalue weighted by atomic mass is 35.5. The molecule has 3 aromatic carbocycles. The number of nitrogens with two attached hydrogens (primary N) is 1. The molecule has 4 aromatic rings. The maximum atomic E-state index is 13.9. The second-order valence-electron chi connectivity index (χ2n) is 8.07. The lowest BCUT2D eigenvalue weighted by Gasteiger charge is -2.25. The predicted octanol–water partition coefficient (Wildman–Crippen LogP) is 4.20. The zero-order valence-electron chi connectivity index (χ0n) is 18.2. The molecule has 0 fully saturated rings. The van der Waals surface area contributed by atoms with E-state index >= 15 is 0 Å². The summed E-state index contributed by atoms with van der Waals surface area (Å²) in [5, 5.41) is 0.513. The first-order valence-electron chi connectivity index (χ1n) is 10.6. The molecule has 0 aliphatic carbocycles. The average Bonchev–Trinajstić information content (AvgIpc) is 3.12. The van der Waals surface area contributed by atoms with Gasteiger partial charge in [-0.1, -0.05) is 41.9 Å². The van der Waals surface area contributed by atoms with Gasteiger partial charge in [0.1, 0.15) is 17.1 Å². The smallest absolute Gasteiger partial charge is 0.291 e. The molecule has 7 nitrogen and oxygen atoms in total. The minimum Gasteiger partial charge on any atom is -0.484 e. The number of nitrogens with zero attached hydrogens (tertiary/aromatic N) is 1.